The zero-order valence-corrected chi connectivity index (χ0v) is 14.2. The van der Waals surface area contributed by atoms with E-state index in [9.17, 15) is 14.7 Å². The van der Waals surface area contributed by atoms with E-state index in [1.807, 2.05) is 30.3 Å². The van der Waals surface area contributed by atoms with Crippen LogP contribution in [0.15, 0.2) is 36.5 Å². The van der Waals surface area contributed by atoms with Gasteiger partial charge in [0.2, 0.25) is 0 Å². The summed E-state index contributed by atoms with van der Waals surface area (Å²) in [5, 5.41) is 18.4. The normalized spacial score (nSPS) is 17.0. The van der Waals surface area contributed by atoms with Gasteiger partial charge in [-0.2, -0.15) is 0 Å². The summed E-state index contributed by atoms with van der Waals surface area (Å²) in [7, 11) is 0. The maximum Gasteiger partial charge on any atom is 0.326 e. The van der Waals surface area contributed by atoms with Crippen LogP contribution in [0.25, 0.3) is 16.6 Å². The fourth-order valence-electron chi connectivity index (χ4n) is 3.42. The minimum Gasteiger partial charge on any atom is -0.480 e. The number of carbonyl (C=O) groups excluding carboxylic acids is 1. The Morgan fingerprint density at radius 1 is 1.23 bits per heavy atom. The van der Waals surface area contributed by atoms with Gasteiger partial charge in [-0.15, -0.1) is 5.10 Å². The van der Waals surface area contributed by atoms with Crippen molar-refractivity contribution < 1.29 is 14.7 Å². The van der Waals surface area contributed by atoms with Gasteiger partial charge in [0.05, 0.1) is 16.9 Å². The lowest BCUT2D eigenvalue weighted by Crippen LogP contribution is -2.40. The van der Waals surface area contributed by atoms with Crippen molar-refractivity contribution in [3.63, 3.8) is 0 Å². The van der Waals surface area contributed by atoms with E-state index in [0.717, 1.165) is 16.6 Å². The van der Waals surface area contributed by atoms with Gasteiger partial charge in [-0.1, -0.05) is 23.4 Å². The Morgan fingerprint density at radius 3 is 2.85 bits per heavy atom. The molecule has 8 nitrogen and oxygen atoms in total. The molecule has 0 bridgehead atoms. The fourth-order valence-corrected chi connectivity index (χ4v) is 3.42. The van der Waals surface area contributed by atoms with Crippen LogP contribution < -0.4 is 0 Å². The van der Waals surface area contributed by atoms with Crippen molar-refractivity contribution in [3.8, 4) is 5.69 Å². The maximum atomic E-state index is 12.8. The Kier molecular flexibility index (Phi) is 3.87. The molecule has 2 aromatic heterocycles. The molecule has 4 rings (SSSR count). The smallest absolute Gasteiger partial charge is 0.326 e. The monoisotopic (exact) mass is 351 g/mol. The number of hydrogen-bond acceptors (Lipinski definition) is 5. The van der Waals surface area contributed by atoms with Crippen LogP contribution in [0.5, 0.6) is 0 Å². The SMILES string of the molecule is Cc1c(C(=O)N2CCCC2C(=O)O)nnn1-c1cccc2cccnc12. The number of aliphatic carboxylic acids is 1. The Balaban J connectivity index is 1.75. The second kappa shape index (κ2) is 6.21. The second-order valence-corrected chi connectivity index (χ2v) is 6.28. The molecule has 0 saturated carbocycles. The summed E-state index contributed by atoms with van der Waals surface area (Å²) in [4.78, 5) is 30.0. The van der Waals surface area contributed by atoms with Crippen molar-refractivity contribution in [2.24, 2.45) is 0 Å². The molecule has 1 unspecified atom stereocenters. The van der Waals surface area contributed by atoms with Gasteiger partial charge in [-0.25, -0.2) is 9.48 Å². The summed E-state index contributed by atoms with van der Waals surface area (Å²) in [6, 6.07) is 8.71. The van der Waals surface area contributed by atoms with E-state index < -0.39 is 17.9 Å². The van der Waals surface area contributed by atoms with Crippen LogP contribution in [0.1, 0.15) is 29.0 Å². The van der Waals surface area contributed by atoms with E-state index in [0.29, 0.717) is 25.1 Å². The fraction of sp³-hybridized carbons (Fsp3) is 0.278. The third-order valence-electron chi connectivity index (χ3n) is 4.74. The van der Waals surface area contributed by atoms with Crippen LogP contribution >= 0.6 is 0 Å². The van der Waals surface area contributed by atoms with Crippen LogP contribution in [-0.4, -0.2) is 54.4 Å². The van der Waals surface area contributed by atoms with E-state index in [-0.39, 0.29) is 5.69 Å². The molecule has 1 amide bonds. The minimum atomic E-state index is -0.987. The molecule has 1 saturated heterocycles. The highest BCUT2D eigenvalue weighted by Gasteiger charge is 2.36. The average molecular weight is 351 g/mol. The van der Waals surface area contributed by atoms with Crippen molar-refractivity contribution >= 4 is 22.8 Å². The zero-order chi connectivity index (χ0) is 18.3. The summed E-state index contributed by atoms with van der Waals surface area (Å²) in [5.41, 5.74) is 2.21. The first-order valence-electron chi connectivity index (χ1n) is 8.38. The van der Waals surface area contributed by atoms with E-state index in [4.69, 9.17) is 0 Å². The van der Waals surface area contributed by atoms with Crippen molar-refractivity contribution in [2.45, 2.75) is 25.8 Å². The Bertz CT molecular complexity index is 1010. The molecule has 8 heteroatoms. The molecule has 1 N–H and O–H groups in total. The van der Waals surface area contributed by atoms with Crippen LogP contribution in [-0.2, 0) is 4.79 Å². The molecule has 1 fully saturated rings. The number of benzene rings is 1. The molecule has 3 aromatic rings. The average Bonchev–Trinajstić information content (AvgIpc) is 3.28. The number of carbonyl (C=O) groups is 2. The Labute approximate surface area is 149 Å². The highest BCUT2D eigenvalue weighted by atomic mass is 16.4. The van der Waals surface area contributed by atoms with Gasteiger partial charge < -0.3 is 10.0 Å². The Morgan fingerprint density at radius 2 is 2.04 bits per heavy atom. The lowest BCUT2D eigenvalue weighted by atomic mass is 10.2. The third kappa shape index (κ3) is 2.50. The predicted octanol–water partition coefficient (Wildman–Crippen LogP) is 1.81. The van der Waals surface area contributed by atoms with E-state index in [1.54, 1.807) is 17.8 Å². The molecule has 26 heavy (non-hydrogen) atoms. The van der Waals surface area contributed by atoms with Crippen molar-refractivity contribution in [1.82, 2.24) is 24.9 Å². The molecule has 1 atom stereocenters. The molecule has 0 aliphatic carbocycles. The number of carboxylic acids is 1. The number of para-hydroxylation sites is 1. The minimum absolute atomic E-state index is 0.172. The van der Waals surface area contributed by atoms with Gasteiger partial charge in [0.25, 0.3) is 5.91 Å². The number of nitrogens with zero attached hydrogens (tertiary/aromatic N) is 5. The van der Waals surface area contributed by atoms with Gasteiger partial charge >= 0.3 is 5.97 Å². The summed E-state index contributed by atoms with van der Waals surface area (Å²) in [6.07, 6.45) is 2.83. The van der Waals surface area contributed by atoms with Gasteiger partial charge in [0, 0.05) is 18.1 Å². The molecular formula is C18H17N5O3. The molecule has 3 heterocycles. The zero-order valence-electron chi connectivity index (χ0n) is 14.2. The third-order valence-corrected chi connectivity index (χ3v) is 4.74. The summed E-state index contributed by atoms with van der Waals surface area (Å²) >= 11 is 0. The number of hydrogen-bond donors (Lipinski definition) is 1. The van der Waals surface area contributed by atoms with Crippen molar-refractivity contribution in [3.05, 3.63) is 47.9 Å². The number of rotatable bonds is 3. The highest BCUT2D eigenvalue weighted by Crippen LogP contribution is 2.24. The molecular weight excluding hydrogens is 334 g/mol. The molecule has 1 aliphatic rings. The predicted molar refractivity (Wildman–Crippen MR) is 93.1 cm³/mol. The first-order valence-corrected chi connectivity index (χ1v) is 8.38. The molecule has 0 radical (unpaired) electrons. The second-order valence-electron chi connectivity index (χ2n) is 6.28. The number of fused-ring (bicyclic) bond motifs is 1. The topological polar surface area (TPSA) is 101 Å². The van der Waals surface area contributed by atoms with E-state index >= 15 is 0 Å². The molecule has 1 aliphatic heterocycles. The maximum absolute atomic E-state index is 12.8. The molecule has 0 spiro atoms. The van der Waals surface area contributed by atoms with Crippen LogP contribution in [0.4, 0.5) is 0 Å². The van der Waals surface area contributed by atoms with Gasteiger partial charge in [-0.3, -0.25) is 9.78 Å². The summed E-state index contributed by atoms with van der Waals surface area (Å²) in [5.74, 6) is -1.38. The van der Waals surface area contributed by atoms with Crippen molar-refractivity contribution in [1.29, 1.82) is 0 Å². The number of carboxylic acid groups (broad SMARTS) is 1. The molecule has 1 aromatic carbocycles. The first kappa shape index (κ1) is 16.2. The van der Waals surface area contributed by atoms with Gasteiger partial charge in [0.1, 0.15) is 6.04 Å². The lowest BCUT2D eigenvalue weighted by molar-refractivity contribution is -0.141. The largest absolute Gasteiger partial charge is 0.480 e. The molecule has 132 valence electrons. The van der Waals surface area contributed by atoms with E-state index in [2.05, 4.69) is 15.3 Å². The van der Waals surface area contributed by atoms with Crippen molar-refractivity contribution in [2.75, 3.05) is 6.54 Å². The van der Waals surface area contributed by atoms with Crippen LogP contribution in [0, 0.1) is 6.92 Å². The van der Waals surface area contributed by atoms with Crippen LogP contribution in [0.3, 0.4) is 0 Å². The summed E-state index contributed by atoms with van der Waals surface area (Å²) in [6.45, 7) is 2.17. The van der Waals surface area contributed by atoms with Crippen LogP contribution in [0.2, 0.25) is 0 Å². The number of pyridine rings is 1. The Hall–Kier alpha value is -3.29. The summed E-state index contributed by atoms with van der Waals surface area (Å²) < 4.78 is 1.58. The first-order chi connectivity index (χ1) is 12.6. The number of likely N-dealkylation sites (tertiary alicyclic amines) is 1. The van der Waals surface area contributed by atoms with Gasteiger partial charge in [-0.05, 0) is 31.9 Å². The van der Waals surface area contributed by atoms with E-state index in [1.165, 1.54) is 4.90 Å². The standard InChI is InChI=1S/C18H17N5O3/c1-11-15(17(24)22-10-4-8-14(22)18(25)26)20-21-23(11)13-7-2-5-12-6-3-9-19-16(12)13/h2-3,5-7,9,14H,4,8,10H2,1H3,(H,25,26). The van der Waals surface area contributed by atoms with Gasteiger partial charge in [0.15, 0.2) is 5.69 Å². The quantitative estimate of drug-likeness (QED) is 0.772. The highest BCUT2D eigenvalue weighted by molar-refractivity contribution is 5.96. The lowest BCUT2D eigenvalue weighted by Gasteiger charge is -2.20. The number of aromatic nitrogens is 4. The number of amides is 1.